The molecular formula is C21H23FN2O2S. The molecule has 1 aromatic carbocycles. The van der Waals surface area contributed by atoms with Crippen LogP contribution >= 0.6 is 0 Å². The third-order valence-electron chi connectivity index (χ3n) is 4.34. The number of benzene rings is 1. The maximum absolute atomic E-state index is 13.7. The molecule has 1 N–H and O–H groups in total. The van der Waals surface area contributed by atoms with Gasteiger partial charge in [-0.05, 0) is 57.0 Å². The van der Waals surface area contributed by atoms with E-state index in [9.17, 15) is 13.7 Å². The van der Waals surface area contributed by atoms with E-state index in [4.69, 9.17) is 0 Å². The Morgan fingerprint density at radius 3 is 2.44 bits per heavy atom. The van der Waals surface area contributed by atoms with Crippen molar-refractivity contribution in [3.05, 3.63) is 76.5 Å². The van der Waals surface area contributed by atoms with Gasteiger partial charge in [-0.15, -0.1) is 4.72 Å². The summed E-state index contributed by atoms with van der Waals surface area (Å²) >= 11 is -1.30. The number of hydrogen-bond acceptors (Lipinski definition) is 3. The molecule has 0 unspecified atom stereocenters. The Morgan fingerprint density at radius 1 is 1.15 bits per heavy atom. The number of nitrogens with one attached hydrogen (secondary N) is 1. The fourth-order valence-electron chi connectivity index (χ4n) is 2.89. The summed E-state index contributed by atoms with van der Waals surface area (Å²) in [6.45, 7) is 7.54. The zero-order valence-electron chi connectivity index (χ0n) is 15.8. The summed E-state index contributed by atoms with van der Waals surface area (Å²) in [6.07, 6.45) is 1.19. The molecule has 3 aromatic rings. The number of halogens is 1. The number of nitrogens with zero attached hydrogens (tertiary/aromatic N) is 1. The highest BCUT2D eigenvalue weighted by Gasteiger charge is 2.29. The van der Waals surface area contributed by atoms with Crippen molar-refractivity contribution in [3.63, 3.8) is 0 Å². The first-order chi connectivity index (χ1) is 12.7. The van der Waals surface area contributed by atoms with Gasteiger partial charge >= 0.3 is 0 Å². The van der Waals surface area contributed by atoms with Crippen LogP contribution in [0.25, 0.3) is 16.6 Å². The quantitative estimate of drug-likeness (QED) is 0.683. The summed E-state index contributed by atoms with van der Waals surface area (Å²) in [5.41, 5.74) is 2.24. The van der Waals surface area contributed by atoms with Gasteiger partial charge in [0.2, 0.25) is 0 Å². The molecule has 27 heavy (non-hydrogen) atoms. The van der Waals surface area contributed by atoms with E-state index in [1.165, 1.54) is 16.7 Å². The number of rotatable bonds is 4. The number of pyridine rings is 2. The van der Waals surface area contributed by atoms with Crippen LogP contribution in [0.5, 0.6) is 0 Å². The van der Waals surface area contributed by atoms with Crippen LogP contribution in [-0.2, 0) is 11.4 Å². The average Bonchev–Trinajstić information content (AvgIpc) is 2.62. The van der Waals surface area contributed by atoms with Crippen molar-refractivity contribution in [1.82, 2.24) is 9.12 Å². The third kappa shape index (κ3) is 4.08. The number of fused-ring (bicyclic) bond motifs is 1. The molecule has 0 aliphatic rings. The van der Waals surface area contributed by atoms with Gasteiger partial charge in [-0.3, -0.25) is 9.20 Å². The lowest BCUT2D eigenvalue weighted by atomic mass is 9.97. The van der Waals surface area contributed by atoms with Gasteiger partial charge in [0.1, 0.15) is 10.6 Å². The van der Waals surface area contributed by atoms with E-state index < -0.39 is 21.9 Å². The third-order valence-corrected chi connectivity index (χ3v) is 6.02. The molecule has 0 aliphatic heterocycles. The molecule has 0 saturated carbocycles. The smallest absolute Gasteiger partial charge is 0.263 e. The van der Waals surface area contributed by atoms with Crippen molar-refractivity contribution >= 4 is 16.9 Å². The minimum absolute atomic E-state index is 0.302. The molecule has 2 atom stereocenters. The predicted octanol–water partition coefficient (Wildman–Crippen LogP) is 4.22. The van der Waals surface area contributed by atoms with Crippen molar-refractivity contribution in [2.75, 3.05) is 0 Å². The molecule has 0 spiro atoms. The van der Waals surface area contributed by atoms with E-state index in [0.717, 1.165) is 11.1 Å². The van der Waals surface area contributed by atoms with Crippen molar-refractivity contribution in [2.45, 2.75) is 38.5 Å². The van der Waals surface area contributed by atoms with Crippen LogP contribution in [0.1, 0.15) is 39.3 Å². The van der Waals surface area contributed by atoms with Crippen LogP contribution in [0.3, 0.4) is 0 Å². The molecule has 4 nitrogen and oxygen atoms in total. The summed E-state index contributed by atoms with van der Waals surface area (Å²) in [6, 6.07) is 13.7. The second-order valence-corrected chi connectivity index (χ2v) is 9.51. The Kier molecular flexibility index (Phi) is 5.42. The van der Waals surface area contributed by atoms with Crippen LogP contribution in [0.15, 0.2) is 59.5 Å². The van der Waals surface area contributed by atoms with Gasteiger partial charge in [-0.1, -0.05) is 30.3 Å². The molecule has 2 heterocycles. The molecule has 2 aromatic heterocycles. The highest BCUT2D eigenvalue weighted by atomic mass is 32.2. The van der Waals surface area contributed by atoms with E-state index in [2.05, 4.69) is 4.72 Å². The fraction of sp³-hybridized carbons (Fsp3) is 0.286. The maximum atomic E-state index is 13.7. The lowest BCUT2D eigenvalue weighted by Gasteiger charge is -2.27. The largest absolute Gasteiger partial charge is 0.598 e. The van der Waals surface area contributed by atoms with Crippen LogP contribution in [0.2, 0.25) is 0 Å². The first kappa shape index (κ1) is 19.6. The standard InChI is InChI=1S/C21H23FN2O2S/c1-14(23-27(26)21(2,3)4)18-12-17-11-10-16(22)13-24(17)20(25)19(18)15-8-6-5-7-9-15/h5-14,23H,1-4H3/t14-,27-/m0/s1. The van der Waals surface area contributed by atoms with Crippen LogP contribution < -0.4 is 10.3 Å². The molecule has 0 amide bonds. The van der Waals surface area contributed by atoms with E-state index >= 15 is 0 Å². The molecule has 6 heteroatoms. The Labute approximate surface area is 161 Å². The molecule has 0 saturated heterocycles. The first-order valence-electron chi connectivity index (χ1n) is 8.77. The summed E-state index contributed by atoms with van der Waals surface area (Å²) in [7, 11) is 0. The molecule has 142 valence electrons. The van der Waals surface area contributed by atoms with Gasteiger partial charge in [0.25, 0.3) is 5.56 Å². The number of aromatic nitrogens is 1. The Morgan fingerprint density at radius 2 is 1.81 bits per heavy atom. The maximum Gasteiger partial charge on any atom is 0.263 e. The van der Waals surface area contributed by atoms with Crippen molar-refractivity contribution in [3.8, 4) is 11.1 Å². The summed E-state index contributed by atoms with van der Waals surface area (Å²) in [5.74, 6) is -0.476. The summed E-state index contributed by atoms with van der Waals surface area (Å²) < 4.78 is 30.2. The van der Waals surface area contributed by atoms with Crippen LogP contribution in [-0.4, -0.2) is 13.7 Å². The zero-order chi connectivity index (χ0) is 19.8. The van der Waals surface area contributed by atoms with Gasteiger partial charge in [0.05, 0.1) is 11.6 Å². The van der Waals surface area contributed by atoms with Gasteiger partial charge < -0.3 is 4.55 Å². The molecule has 0 aliphatic carbocycles. The van der Waals surface area contributed by atoms with Gasteiger partial charge in [-0.2, -0.15) is 0 Å². The number of hydrogen-bond donors (Lipinski definition) is 1. The van der Waals surface area contributed by atoms with E-state index in [-0.39, 0.29) is 11.6 Å². The second kappa shape index (κ2) is 7.46. The molecule has 0 bridgehead atoms. The lowest BCUT2D eigenvalue weighted by Crippen LogP contribution is -2.41. The minimum atomic E-state index is -1.30. The SMILES string of the molecule is C[C@H](N[S@@+]([O-])C(C)(C)C)c1cc2ccc(F)cn2c(=O)c1-c1ccccc1. The lowest BCUT2D eigenvalue weighted by molar-refractivity contribution is 0.531. The molecule has 0 fully saturated rings. The highest BCUT2D eigenvalue weighted by Crippen LogP contribution is 2.28. The first-order valence-corrected chi connectivity index (χ1v) is 9.92. The monoisotopic (exact) mass is 386 g/mol. The van der Waals surface area contributed by atoms with E-state index in [0.29, 0.717) is 11.1 Å². The molecule has 0 radical (unpaired) electrons. The van der Waals surface area contributed by atoms with Gasteiger partial charge in [0, 0.05) is 23.1 Å². The Hall–Kier alpha value is -2.15. The summed E-state index contributed by atoms with van der Waals surface area (Å²) in [5, 5.41) is 0. The second-order valence-electron chi connectivity index (χ2n) is 7.51. The average molecular weight is 386 g/mol. The van der Waals surface area contributed by atoms with Gasteiger partial charge in [0.15, 0.2) is 0 Å². The molecule has 3 rings (SSSR count). The Bertz CT molecular complexity index is 1010. The molecular weight excluding hydrogens is 363 g/mol. The summed E-state index contributed by atoms with van der Waals surface area (Å²) in [4.78, 5) is 13.2. The minimum Gasteiger partial charge on any atom is -0.598 e. The van der Waals surface area contributed by atoms with Crippen LogP contribution in [0.4, 0.5) is 4.39 Å². The van der Waals surface area contributed by atoms with Crippen molar-refractivity contribution < 1.29 is 8.94 Å². The predicted molar refractivity (Wildman–Crippen MR) is 109 cm³/mol. The van der Waals surface area contributed by atoms with Gasteiger partial charge in [-0.25, -0.2) is 4.39 Å². The van der Waals surface area contributed by atoms with E-state index in [1.807, 2.05) is 64.1 Å². The van der Waals surface area contributed by atoms with E-state index in [1.54, 1.807) is 6.07 Å². The normalized spacial score (nSPS) is 14.3. The highest BCUT2D eigenvalue weighted by molar-refractivity contribution is 7.90. The zero-order valence-corrected chi connectivity index (χ0v) is 16.6. The van der Waals surface area contributed by atoms with Crippen LogP contribution in [0, 0.1) is 5.82 Å². The van der Waals surface area contributed by atoms with Crippen molar-refractivity contribution in [2.24, 2.45) is 0 Å². The Balaban J connectivity index is 2.21. The fourth-order valence-corrected chi connectivity index (χ4v) is 3.69. The van der Waals surface area contributed by atoms with Crippen molar-refractivity contribution in [1.29, 1.82) is 0 Å². The topological polar surface area (TPSA) is 56.6 Å².